The largest absolute Gasteiger partial charge is 0.494 e. The average molecular weight is 377 g/mol. The third kappa shape index (κ3) is 6.31. The van der Waals surface area contributed by atoms with Crippen LogP contribution >= 0.6 is 0 Å². The van der Waals surface area contributed by atoms with E-state index in [9.17, 15) is 0 Å². The van der Waals surface area contributed by atoms with Gasteiger partial charge in [-0.3, -0.25) is 4.99 Å². The summed E-state index contributed by atoms with van der Waals surface area (Å²) in [4.78, 5) is 6.56. The van der Waals surface area contributed by atoms with Gasteiger partial charge in [0.05, 0.1) is 6.61 Å². The minimum Gasteiger partial charge on any atom is -0.494 e. The molecule has 0 fully saturated rings. The first-order valence-corrected chi connectivity index (χ1v) is 9.78. The van der Waals surface area contributed by atoms with E-state index in [2.05, 4.69) is 67.5 Å². The van der Waals surface area contributed by atoms with Crippen molar-refractivity contribution < 1.29 is 9.47 Å². The molecule has 2 N–H and O–H groups in total. The number of hydrogen-bond donors (Lipinski definition) is 2. The highest BCUT2D eigenvalue weighted by atomic mass is 16.5. The molecule has 1 heterocycles. The van der Waals surface area contributed by atoms with Crippen molar-refractivity contribution in [3.05, 3.63) is 23.3 Å². The van der Waals surface area contributed by atoms with Crippen LogP contribution in [0.4, 0.5) is 0 Å². The lowest BCUT2D eigenvalue weighted by atomic mass is 9.93. The number of nitrogens with zero attached hydrogens (tertiary/aromatic N) is 2. The summed E-state index contributed by atoms with van der Waals surface area (Å²) in [5, 5.41) is 6.84. The van der Waals surface area contributed by atoms with Crippen LogP contribution in [0.25, 0.3) is 0 Å². The van der Waals surface area contributed by atoms with Crippen LogP contribution in [-0.4, -0.2) is 57.8 Å². The number of rotatable bonds is 8. The van der Waals surface area contributed by atoms with Gasteiger partial charge in [-0.25, -0.2) is 0 Å². The van der Waals surface area contributed by atoms with Gasteiger partial charge in [0.25, 0.3) is 0 Å². The molecule has 6 nitrogen and oxygen atoms in total. The summed E-state index contributed by atoms with van der Waals surface area (Å²) >= 11 is 0. The molecule has 0 aromatic heterocycles. The fourth-order valence-electron chi connectivity index (χ4n) is 3.54. The Balaban J connectivity index is 2.00. The highest BCUT2D eigenvalue weighted by Crippen LogP contribution is 2.35. The monoisotopic (exact) mass is 376 g/mol. The van der Waals surface area contributed by atoms with E-state index in [1.807, 2.05) is 6.92 Å². The molecule has 0 saturated carbocycles. The van der Waals surface area contributed by atoms with Gasteiger partial charge in [0.2, 0.25) is 0 Å². The van der Waals surface area contributed by atoms with Gasteiger partial charge in [0.15, 0.2) is 5.96 Å². The molecule has 0 radical (unpaired) electrons. The van der Waals surface area contributed by atoms with E-state index < -0.39 is 0 Å². The van der Waals surface area contributed by atoms with Crippen LogP contribution in [0.1, 0.15) is 38.8 Å². The number of ether oxygens (including phenoxy) is 2. The molecule has 0 spiro atoms. The van der Waals surface area contributed by atoms with Gasteiger partial charge >= 0.3 is 0 Å². The molecule has 1 aliphatic heterocycles. The van der Waals surface area contributed by atoms with Crippen LogP contribution in [-0.2, 0) is 13.0 Å². The smallest absolute Gasteiger partial charge is 0.191 e. The first-order valence-electron chi connectivity index (χ1n) is 9.78. The highest BCUT2D eigenvalue weighted by Gasteiger charge is 2.22. The fourth-order valence-corrected chi connectivity index (χ4v) is 3.54. The standard InChI is InChI=1S/C21H36N4O2/c1-8-26-18-10-16-9-15(2)27-19(16)11-17(18)12-23-20(22-5)24-13-21(3,4)14-25(6)7/h10-11,15H,8-9,12-14H2,1-7H3,(H2,22,23,24). The topological polar surface area (TPSA) is 58.1 Å². The Kier molecular flexibility index (Phi) is 7.36. The molecule has 0 amide bonds. The van der Waals surface area contributed by atoms with Gasteiger partial charge in [-0.05, 0) is 45.5 Å². The molecular formula is C21H36N4O2. The lowest BCUT2D eigenvalue weighted by Crippen LogP contribution is -2.44. The number of nitrogens with one attached hydrogen (secondary N) is 2. The predicted molar refractivity (Wildman–Crippen MR) is 112 cm³/mol. The van der Waals surface area contributed by atoms with Gasteiger partial charge < -0.3 is 25.0 Å². The Labute approximate surface area is 164 Å². The summed E-state index contributed by atoms with van der Waals surface area (Å²) in [6.07, 6.45) is 1.17. The maximum absolute atomic E-state index is 5.91. The van der Waals surface area contributed by atoms with Crippen LogP contribution in [0, 0.1) is 5.41 Å². The van der Waals surface area contributed by atoms with Gasteiger partial charge in [-0.1, -0.05) is 13.8 Å². The van der Waals surface area contributed by atoms with Crippen molar-refractivity contribution in [2.24, 2.45) is 10.4 Å². The van der Waals surface area contributed by atoms with E-state index >= 15 is 0 Å². The second-order valence-corrected chi connectivity index (χ2v) is 8.31. The van der Waals surface area contributed by atoms with Crippen molar-refractivity contribution in [1.29, 1.82) is 0 Å². The van der Waals surface area contributed by atoms with Gasteiger partial charge in [-0.15, -0.1) is 0 Å². The van der Waals surface area contributed by atoms with Crippen molar-refractivity contribution in [2.75, 3.05) is 40.8 Å². The molecule has 1 aromatic carbocycles. The number of hydrogen-bond acceptors (Lipinski definition) is 4. The molecule has 1 aromatic rings. The molecule has 0 aliphatic carbocycles. The van der Waals surface area contributed by atoms with Crippen molar-refractivity contribution >= 4 is 5.96 Å². The molecule has 27 heavy (non-hydrogen) atoms. The molecule has 6 heteroatoms. The summed E-state index contributed by atoms with van der Waals surface area (Å²) < 4.78 is 11.8. The first kappa shape index (κ1) is 21.4. The van der Waals surface area contributed by atoms with Crippen LogP contribution < -0.4 is 20.1 Å². The van der Waals surface area contributed by atoms with Crippen LogP contribution in [0.3, 0.4) is 0 Å². The van der Waals surface area contributed by atoms with E-state index in [1.165, 1.54) is 5.56 Å². The Morgan fingerprint density at radius 2 is 2.07 bits per heavy atom. The van der Waals surface area contributed by atoms with Gasteiger partial charge in [0, 0.05) is 44.2 Å². The van der Waals surface area contributed by atoms with Crippen LogP contribution in [0.5, 0.6) is 11.5 Å². The Morgan fingerprint density at radius 1 is 1.33 bits per heavy atom. The van der Waals surface area contributed by atoms with Crippen LogP contribution in [0.15, 0.2) is 17.1 Å². The molecule has 2 rings (SSSR count). The Morgan fingerprint density at radius 3 is 2.70 bits per heavy atom. The van der Waals surface area contributed by atoms with E-state index in [4.69, 9.17) is 9.47 Å². The van der Waals surface area contributed by atoms with Crippen molar-refractivity contribution in [2.45, 2.75) is 46.8 Å². The average Bonchev–Trinajstić information content (AvgIpc) is 2.93. The SMILES string of the molecule is CCOc1cc2c(cc1CNC(=NC)NCC(C)(C)CN(C)C)OC(C)C2. The zero-order valence-electron chi connectivity index (χ0n) is 18.0. The minimum atomic E-state index is 0.148. The molecule has 1 aliphatic rings. The maximum Gasteiger partial charge on any atom is 0.191 e. The van der Waals surface area contributed by atoms with E-state index in [0.29, 0.717) is 13.2 Å². The number of fused-ring (bicyclic) bond motifs is 1. The zero-order valence-corrected chi connectivity index (χ0v) is 18.0. The first-order chi connectivity index (χ1) is 12.7. The van der Waals surface area contributed by atoms with Crippen molar-refractivity contribution in [3.8, 4) is 11.5 Å². The maximum atomic E-state index is 5.91. The second kappa shape index (κ2) is 9.31. The Bertz CT molecular complexity index is 656. The van der Waals surface area contributed by atoms with Crippen LogP contribution in [0.2, 0.25) is 0 Å². The number of benzene rings is 1. The predicted octanol–water partition coefficient (Wildman–Crippen LogP) is 2.66. The molecule has 1 unspecified atom stereocenters. The summed E-state index contributed by atoms with van der Waals surface area (Å²) in [6, 6.07) is 4.22. The summed E-state index contributed by atoms with van der Waals surface area (Å²) in [5.74, 6) is 2.68. The van der Waals surface area contributed by atoms with E-state index in [0.717, 1.165) is 42.5 Å². The quantitative estimate of drug-likeness (QED) is 0.540. The zero-order chi connectivity index (χ0) is 20.0. The molecule has 0 saturated heterocycles. The molecular weight excluding hydrogens is 340 g/mol. The third-order valence-electron chi connectivity index (χ3n) is 4.53. The number of guanidine groups is 1. The lowest BCUT2D eigenvalue weighted by Gasteiger charge is -2.29. The highest BCUT2D eigenvalue weighted by molar-refractivity contribution is 5.79. The van der Waals surface area contributed by atoms with Gasteiger partial charge in [-0.2, -0.15) is 0 Å². The summed E-state index contributed by atoms with van der Waals surface area (Å²) in [7, 11) is 5.99. The fraction of sp³-hybridized carbons (Fsp3) is 0.667. The van der Waals surface area contributed by atoms with Crippen molar-refractivity contribution in [3.63, 3.8) is 0 Å². The summed E-state index contributed by atoms with van der Waals surface area (Å²) in [5.41, 5.74) is 2.46. The lowest BCUT2D eigenvalue weighted by molar-refractivity contribution is 0.241. The Hall–Kier alpha value is -1.95. The van der Waals surface area contributed by atoms with E-state index in [-0.39, 0.29) is 11.5 Å². The van der Waals surface area contributed by atoms with E-state index in [1.54, 1.807) is 7.05 Å². The summed E-state index contributed by atoms with van der Waals surface area (Å²) in [6.45, 7) is 11.7. The van der Waals surface area contributed by atoms with Crippen molar-refractivity contribution in [1.82, 2.24) is 15.5 Å². The second-order valence-electron chi connectivity index (χ2n) is 8.31. The molecule has 1 atom stereocenters. The molecule has 0 bridgehead atoms. The minimum absolute atomic E-state index is 0.148. The third-order valence-corrected chi connectivity index (χ3v) is 4.53. The molecule has 152 valence electrons. The number of aliphatic imine (C=N–C) groups is 1. The van der Waals surface area contributed by atoms with Gasteiger partial charge in [0.1, 0.15) is 17.6 Å². The normalized spacial score (nSPS) is 16.9.